The van der Waals surface area contributed by atoms with Gasteiger partial charge in [-0.05, 0) is 53.4 Å². The van der Waals surface area contributed by atoms with Gasteiger partial charge in [0, 0.05) is 30.2 Å². The number of hydrogen-bond donors (Lipinski definition) is 0. The Morgan fingerprint density at radius 2 is 1.89 bits per heavy atom. The van der Waals surface area contributed by atoms with Crippen molar-refractivity contribution in [3.05, 3.63) is 23.8 Å². The standard InChI is InChI=1S/C21H30N4O3/c1-13-10-23-15(11-22-13)18(26)25-14-9-21(5)16(7-6-8-17(21)25)24(12-14)19(27)28-20(2,3)4/h10-11,14,16-17H,6-9,12H2,1-5H3/t14-,16+,17-,21+/m0/s1. The lowest BCUT2D eigenvalue weighted by molar-refractivity contribution is -0.0247. The van der Waals surface area contributed by atoms with Gasteiger partial charge in [0.15, 0.2) is 0 Å². The minimum absolute atomic E-state index is 0.00697. The highest BCUT2D eigenvalue weighted by Crippen LogP contribution is 2.54. The summed E-state index contributed by atoms with van der Waals surface area (Å²) in [4.78, 5) is 38.7. The second-order valence-electron chi connectivity index (χ2n) is 9.71. The van der Waals surface area contributed by atoms with Gasteiger partial charge in [-0.1, -0.05) is 6.92 Å². The number of amides is 2. The fraction of sp³-hybridized carbons (Fsp3) is 0.714. The maximum atomic E-state index is 13.3. The van der Waals surface area contributed by atoms with E-state index in [1.54, 1.807) is 12.4 Å². The summed E-state index contributed by atoms with van der Waals surface area (Å²) in [6, 6.07) is 0.228. The van der Waals surface area contributed by atoms with Crippen LogP contribution in [0.3, 0.4) is 0 Å². The first-order valence-electron chi connectivity index (χ1n) is 10.2. The molecule has 0 N–H and O–H groups in total. The van der Waals surface area contributed by atoms with Crippen LogP contribution < -0.4 is 0 Å². The van der Waals surface area contributed by atoms with Crippen LogP contribution in [0.5, 0.6) is 0 Å². The molecule has 7 heteroatoms. The molecule has 152 valence electrons. The second-order valence-corrected chi connectivity index (χ2v) is 9.71. The summed E-state index contributed by atoms with van der Waals surface area (Å²) in [5, 5.41) is 0. The first kappa shape index (κ1) is 19.2. The molecule has 7 nitrogen and oxygen atoms in total. The molecule has 1 aliphatic carbocycles. The summed E-state index contributed by atoms with van der Waals surface area (Å²) in [5.74, 6) is -0.0714. The molecular formula is C21H30N4O3. The van der Waals surface area contributed by atoms with Crippen LogP contribution in [0.25, 0.3) is 0 Å². The summed E-state index contributed by atoms with van der Waals surface area (Å²) >= 11 is 0. The smallest absolute Gasteiger partial charge is 0.410 e. The molecule has 4 atom stereocenters. The van der Waals surface area contributed by atoms with Gasteiger partial charge < -0.3 is 14.5 Å². The van der Waals surface area contributed by atoms with Gasteiger partial charge in [0.2, 0.25) is 0 Å². The number of rotatable bonds is 1. The highest BCUT2D eigenvalue weighted by atomic mass is 16.6. The molecule has 2 aliphatic heterocycles. The van der Waals surface area contributed by atoms with E-state index in [0.29, 0.717) is 12.2 Å². The number of nitrogens with zero attached hydrogens (tertiary/aromatic N) is 4. The molecule has 3 heterocycles. The number of carbonyl (C=O) groups is 2. The van der Waals surface area contributed by atoms with E-state index < -0.39 is 5.60 Å². The number of ether oxygens (including phenoxy) is 1. The number of hydrogen-bond acceptors (Lipinski definition) is 5. The Kier molecular flexibility index (Phi) is 4.39. The highest BCUT2D eigenvalue weighted by Gasteiger charge is 2.62. The molecule has 0 unspecified atom stereocenters. The number of aromatic nitrogens is 2. The number of aryl methyl sites for hydroxylation is 1. The average Bonchev–Trinajstić information content (AvgIpc) is 2.89. The normalized spacial score (nSPS) is 31.7. The van der Waals surface area contributed by atoms with E-state index in [1.165, 1.54) is 0 Å². The first-order chi connectivity index (χ1) is 13.1. The molecule has 0 aromatic carbocycles. The molecule has 2 bridgehead atoms. The Hall–Kier alpha value is -2.18. The second kappa shape index (κ2) is 6.42. The van der Waals surface area contributed by atoms with Crippen LogP contribution in [0.15, 0.2) is 12.4 Å². The lowest BCUT2D eigenvalue weighted by Crippen LogP contribution is -2.58. The zero-order chi connectivity index (χ0) is 20.3. The third kappa shape index (κ3) is 3.05. The van der Waals surface area contributed by atoms with E-state index in [9.17, 15) is 9.59 Å². The minimum Gasteiger partial charge on any atom is -0.444 e. The molecule has 3 aliphatic rings. The molecule has 4 rings (SSSR count). The molecule has 28 heavy (non-hydrogen) atoms. The van der Waals surface area contributed by atoms with Gasteiger partial charge in [-0.3, -0.25) is 9.78 Å². The molecule has 1 aromatic heterocycles. The maximum absolute atomic E-state index is 13.3. The van der Waals surface area contributed by atoms with Crippen molar-refractivity contribution >= 4 is 12.0 Å². The van der Waals surface area contributed by atoms with Crippen molar-refractivity contribution in [2.75, 3.05) is 6.54 Å². The van der Waals surface area contributed by atoms with Crippen molar-refractivity contribution in [3.63, 3.8) is 0 Å². The van der Waals surface area contributed by atoms with Gasteiger partial charge in [0.1, 0.15) is 11.3 Å². The Labute approximate surface area is 166 Å². The summed E-state index contributed by atoms with van der Waals surface area (Å²) in [6.45, 7) is 10.3. The van der Waals surface area contributed by atoms with Crippen molar-refractivity contribution in [3.8, 4) is 0 Å². The van der Waals surface area contributed by atoms with Crippen molar-refractivity contribution in [1.82, 2.24) is 19.8 Å². The number of likely N-dealkylation sites (tertiary alicyclic amines) is 2. The average molecular weight is 386 g/mol. The van der Waals surface area contributed by atoms with Gasteiger partial charge in [-0.15, -0.1) is 0 Å². The van der Waals surface area contributed by atoms with E-state index in [1.807, 2.05) is 37.5 Å². The van der Waals surface area contributed by atoms with Gasteiger partial charge in [-0.2, -0.15) is 0 Å². The zero-order valence-electron chi connectivity index (χ0n) is 17.4. The largest absolute Gasteiger partial charge is 0.444 e. The predicted octanol–water partition coefficient (Wildman–Crippen LogP) is 3.18. The predicted molar refractivity (Wildman–Crippen MR) is 104 cm³/mol. The third-order valence-corrected chi connectivity index (χ3v) is 6.53. The monoisotopic (exact) mass is 386 g/mol. The SMILES string of the molecule is Cc1cnc(C(=O)N2[C@@H]3CN(C(=O)OC(C)(C)C)[C@@H]4CCC[C@H]2[C@]4(C)C3)cn1. The molecule has 1 aromatic rings. The van der Waals surface area contributed by atoms with E-state index >= 15 is 0 Å². The molecule has 0 spiro atoms. The Bertz CT molecular complexity index is 788. The van der Waals surface area contributed by atoms with Crippen LogP contribution >= 0.6 is 0 Å². The Morgan fingerprint density at radius 1 is 1.18 bits per heavy atom. The number of carbonyl (C=O) groups excluding carboxylic acids is 2. The van der Waals surface area contributed by atoms with Crippen LogP contribution in [0.2, 0.25) is 0 Å². The van der Waals surface area contributed by atoms with Crippen molar-refractivity contribution in [1.29, 1.82) is 0 Å². The quantitative estimate of drug-likeness (QED) is 0.741. The van der Waals surface area contributed by atoms with Gasteiger partial charge in [0.25, 0.3) is 5.91 Å². The molecule has 0 radical (unpaired) electrons. The van der Waals surface area contributed by atoms with Gasteiger partial charge in [-0.25, -0.2) is 9.78 Å². The molecule has 1 saturated carbocycles. The van der Waals surface area contributed by atoms with Crippen LogP contribution in [0, 0.1) is 12.3 Å². The third-order valence-electron chi connectivity index (χ3n) is 6.53. The summed E-state index contributed by atoms with van der Waals surface area (Å²) in [6.07, 6.45) is 6.79. The summed E-state index contributed by atoms with van der Waals surface area (Å²) in [7, 11) is 0. The zero-order valence-corrected chi connectivity index (χ0v) is 17.4. The molecule has 3 fully saturated rings. The van der Waals surface area contributed by atoms with Crippen molar-refractivity contribution < 1.29 is 14.3 Å². The topological polar surface area (TPSA) is 75.6 Å². The number of piperidine rings is 1. The Balaban J connectivity index is 1.65. The number of fused-ring (bicyclic) bond motifs is 1. The molecular weight excluding hydrogens is 356 g/mol. The Morgan fingerprint density at radius 3 is 2.54 bits per heavy atom. The lowest BCUT2D eigenvalue weighted by atomic mass is 9.66. The van der Waals surface area contributed by atoms with E-state index in [2.05, 4.69) is 16.9 Å². The first-order valence-corrected chi connectivity index (χ1v) is 10.2. The summed E-state index contributed by atoms with van der Waals surface area (Å²) in [5.41, 5.74) is 0.534. The van der Waals surface area contributed by atoms with Gasteiger partial charge >= 0.3 is 6.09 Å². The summed E-state index contributed by atoms with van der Waals surface area (Å²) < 4.78 is 5.69. The van der Waals surface area contributed by atoms with E-state index in [4.69, 9.17) is 4.74 Å². The molecule has 2 amide bonds. The lowest BCUT2D eigenvalue weighted by Gasteiger charge is -2.49. The van der Waals surface area contributed by atoms with Crippen LogP contribution in [-0.2, 0) is 4.74 Å². The minimum atomic E-state index is -0.532. The maximum Gasteiger partial charge on any atom is 0.410 e. The van der Waals surface area contributed by atoms with Crippen molar-refractivity contribution in [2.24, 2.45) is 5.41 Å². The molecule has 2 saturated heterocycles. The van der Waals surface area contributed by atoms with Crippen LogP contribution in [0.1, 0.15) is 69.6 Å². The van der Waals surface area contributed by atoms with E-state index in [0.717, 1.165) is 31.4 Å². The van der Waals surface area contributed by atoms with Crippen LogP contribution in [-0.4, -0.2) is 62.0 Å². The highest BCUT2D eigenvalue weighted by molar-refractivity contribution is 5.93. The van der Waals surface area contributed by atoms with Gasteiger partial charge in [0.05, 0.1) is 17.9 Å². The van der Waals surface area contributed by atoms with Crippen molar-refractivity contribution in [2.45, 2.75) is 84.0 Å². The fourth-order valence-electron chi connectivity index (χ4n) is 5.46. The van der Waals surface area contributed by atoms with Crippen LogP contribution in [0.4, 0.5) is 4.79 Å². The fourth-order valence-corrected chi connectivity index (χ4v) is 5.46. The van der Waals surface area contributed by atoms with E-state index in [-0.39, 0.29) is 35.5 Å².